The van der Waals surface area contributed by atoms with Gasteiger partial charge in [0, 0.05) is 24.7 Å². The fraction of sp³-hybridized carbons (Fsp3) is 0.316. The second-order valence-corrected chi connectivity index (χ2v) is 6.34. The first-order valence-corrected chi connectivity index (χ1v) is 8.53. The lowest BCUT2D eigenvalue weighted by atomic mass is 9.98. The molecule has 1 unspecified atom stereocenters. The van der Waals surface area contributed by atoms with Crippen LogP contribution in [-0.4, -0.2) is 32.1 Å². The van der Waals surface area contributed by atoms with Gasteiger partial charge in [0.15, 0.2) is 5.82 Å². The number of carbonyl (C=O) groups excluding carboxylic acids is 1. The molecule has 0 spiro atoms. The monoisotopic (exact) mass is 336 g/mol. The van der Waals surface area contributed by atoms with Crippen molar-refractivity contribution in [3.8, 4) is 11.4 Å². The number of amides is 1. The summed E-state index contributed by atoms with van der Waals surface area (Å²) in [4.78, 5) is 19.2. The van der Waals surface area contributed by atoms with Gasteiger partial charge in [0.2, 0.25) is 0 Å². The first-order valence-electron chi connectivity index (χ1n) is 8.53. The SMILES string of the molecule is Cn1cnc(-c2ccc(C(=O)N3CCCCC3c3ccco3)cc2)n1. The quantitative estimate of drug-likeness (QED) is 0.735. The minimum Gasteiger partial charge on any atom is -0.467 e. The number of rotatable bonds is 3. The minimum atomic E-state index is 0.0217. The third kappa shape index (κ3) is 3.07. The Bertz CT molecular complexity index is 852. The van der Waals surface area contributed by atoms with Crippen molar-refractivity contribution in [2.24, 2.45) is 7.05 Å². The average Bonchev–Trinajstić information content (AvgIpc) is 3.33. The van der Waals surface area contributed by atoms with E-state index in [1.807, 2.05) is 48.3 Å². The Morgan fingerprint density at radius 1 is 1.20 bits per heavy atom. The number of furan rings is 1. The molecule has 6 heteroatoms. The molecule has 1 amide bonds. The molecule has 4 rings (SSSR count). The number of nitrogens with zero attached hydrogens (tertiary/aromatic N) is 4. The molecule has 2 aromatic heterocycles. The molecule has 128 valence electrons. The Morgan fingerprint density at radius 2 is 2.04 bits per heavy atom. The van der Waals surface area contributed by atoms with Crippen LogP contribution in [0.25, 0.3) is 11.4 Å². The zero-order valence-corrected chi connectivity index (χ0v) is 14.1. The standard InChI is InChI=1S/C19H20N4O2/c1-22-13-20-18(21-22)14-7-9-15(10-8-14)19(24)23-11-3-2-5-16(23)17-6-4-12-25-17/h4,6-10,12-13,16H,2-3,5,11H2,1H3. The van der Waals surface area contributed by atoms with Gasteiger partial charge in [-0.15, -0.1) is 0 Å². The van der Waals surface area contributed by atoms with E-state index in [0.29, 0.717) is 11.4 Å². The third-order valence-electron chi connectivity index (χ3n) is 4.62. The molecule has 6 nitrogen and oxygen atoms in total. The topological polar surface area (TPSA) is 64.2 Å². The smallest absolute Gasteiger partial charge is 0.254 e. The number of aromatic nitrogens is 3. The van der Waals surface area contributed by atoms with E-state index in [-0.39, 0.29) is 11.9 Å². The van der Waals surface area contributed by atoms with Crippen molar-refractivity contribution in [2.45, 2.75) is 25.3 Å². The molecule has 0 aliphatic carbocycles. The van der Waals surface area contributed by atoms with Gasteiger partial charge in [0.05, 0.1) is 12.3 Å². The Hall–Kier alpha value is -2.89. The van der Waals surface area contributed by atoms with E-state index in [1.165, 1.54) is 0 Å². The van der Waals surface area contributed by atoms with Gasteiger partial charge in [-0.2, -0.15) is 5.10 Å². The first kappa shape index (κ1) is 15.6. The number of aryl methyl sites for hydroxylation is 1. The van der Waals surface area contributed by atoms with Crippen molar-refractivity contribution in [1.82, 2.24) is 19.7 Å². The fourth-order valence-corrected chi connectivity index (χ4v) is 3.35. The van der Waals surface area contributed by atoms with Crippen molar-refractivity contribution >= 4 is 5.91 Å². The highest BCUT2D eigenvalue weighted by Crippen LogP contribution is 2.32. The van der Waals surface area contributed by atoms with Crippen LogP contribution in [0.5, 0.6) is 0 Å². The van der Waals surface area contributed by atoms with Crippen molar-refractivity contribution in [2.75, 3.05) is 6.54 Å². The summed E-state index contributed by atoms with van der Waals surface area (Å²) >= 11 is 0. The third-order valence-corrected chi connectivity index (χ3v) is 4.62. The fourth-order valence-electron chi connectivity index (χ4n) is 3.35. The van der Waals surface area contributed by atoms with Crippen LogP contribution in [0.15, 0.2) is 53.4 Å². The second kappa shape index (κ2) is 6.55. The van der Waals surface area contributed by atoms with Gasteiger partial charge in [0.25, 0.3) is 5.91 Å². The van der Waals surface area contributed by atoms with Gasteiger partial charge < -0.3 is 9.32 Å². The molecule has 1 aromatic carbocycles. The minimum absolute atomic E-state index is 0.0217. The molecule has 1 aliphatic heterocycles. The molecule has 1 fully saturated rings. The van der Waals surface area contributed by atoms with Crippen LogP contribution in [-0.2, 0) is 7.05 Å². The Morgan fingerprint density at radius 3 is 2.72 bits per heavy atom. The van der Waals surface area contributed by atoms with Crippen LogP contribution in [0, 0.1) is 0 Å². The molecule has 0 radical (unpaired) electrons. The van der Waals surface area contributed by atoms with Crippen molar-refractivity contribution in [1.29, 1.82) is 0 Å². The molecular weight excluding hydrogens is 316 g/mol. The van der Waals surface area contributed by atoms with E-state index in [0.717, 1.165) is 37.1 Å². The van der Waals surface area contributed by atoms with Crippen molar-refractivity contribution < 1.29 is 9.21 Å². The van der Waals surface area contributed by atoms with E-state index >= 15 is 0 Å². The second-order valence-electron chi connectivity index (χ2n) is 6.34. The van der Waals surface area contributed by atoms with Gasteiger partial charge in [-0.1, -0.05) is 12.1 Å². The normalized spacial score (nSPS) is 17.6. The molecule has 3 aromatic rings. The summed E-state index contributed by atoms with van der Waals surface area (Å²) in [5.74, 6) is 1.57. The highest BCUT2D eigenvalue weighted by atomic mass is 16.3. The molecule has 3 heterocycles. The maximum atomic E-state index is 13.0. The first-order chi connectivity index (χ1) is 12.2. The summed E-state index contributed by atoms with van der Waals surface area (Å²) in [5, 5.41) is 4.29. The van der Waals surface area contributed by atoms with Crippen LogP contribution in [0.2, 0.25) is 0 Å². The van der Waals surface area contributed by atoms with Gasteiger partial charge >= 0.3 is 0 Å². The lowest BCUT2D eigenvalue weighted by Gasteiger charge is -2.34. The van der Waals surface area contributed by atoms with Crippen LogP contribution in [0.4, 0.5) is 0 Å². The van der Waals surface area contributed by atoms with E-state index in [4.69, 9.17) is 4.42 Å². The maximum absolute atomic E-state index is 13.0. The van der Waals surface area contributed by atoms with Crippen LogP contribution < -0.4 is 0 Å². The summed E-state index contributed by atoms with van der Waals surface area (Å²) in [6.07, 6.45) is 6.41. The summed E-state index contributed by atoms with van der Waals surface area (Å²) in [7, 11) is 1.83. The summed E-state index contributed by atoms with van der Waals surface area (Å²) in [6.45, 7) is 0.758. The van der Waals surface area contributed by atoms with Crippen molar-refractivity contribution in [3.63, 3.8) is 0 Å². The van der Waals surface area contributed by atoms with Gasteiger partial charge in [-0.05, 0) is 43.5 Å². The van der Waals surface area contributed by atoms with Crippen molar-refractivity contribution in [3.05, 3.63) is 60.3 Å². The molecule has 1 saturated heterocycles. The van der Waals surface area contributed by atoms with E-state index in [1.54, 1.807) is 17.3 Å². The maximum Gasteiger partial charge on any atom is 0.254 e. The lowest BCUT2D eigenvalue weighted by Crippen LogP contribution is -2.38. The van der Waals surface area contributed by atoms with E-state index in [2.05, 4.69) is 10.1 Å². The molecule has 0 N–H and O–H groups in total. The molecule has 0 saturated carbocycles. The zero-order chi connectivity index (χ0) is 17.2. The zero-order valence-electron chi connectivity index (χ0n) is 14.1. The highest BCUT2D eigenvalue weighted by molar-refractivity contribution is 5.95. The van der Waals surface area contributed by atoms with Crippen LogP contribution in [0.1, 0.15) is 41.4 Å². The van der Waals surface area contributed by atoms with Gasteiger partial charge in [0.1, 0.15) is 12.1 Å². The Balaban J connectivity index is 1.57. The van der Waals surface area contributed by atoms with E-state index < -0.39 is 0 Å². The predicted molar refractivity (Wildman–Crippen MR) is 92.8 cm³/mol. The largest absolute Gasteiger partial charge is 0.467 e. The summed E-state index contributed by atoms with van der Waals surface area (Å²) in [6, 6.07) is 11.3. The predicted octanol–water partition coefficient (Wildman–Crippen LogP) is 3.44. The number of likely N-dealkylation sites (tertiary alicyclic amines) is 1. The average molecular weight is 336 g/mol. The summed E-state index contributed by atoms with van der Waals surface area (Å²) in [5.41, 5.74) is 1.58. The Labute approximate surface area is 146 Å². The highest BCUT2D eigenvalue weighted by Gasteiger charge is 2.30. The van der Waals surface area contributed by atoms with Crippen LogP contribution >= 0.6 is 0 Å². The molecule has 1 aliphatic rings. The number of hydrogen-bond acceptors (Lipinski definition) is 4. The van der Waals surface area contributed by atoms with E-state index in [9.17, 15) is 4.79 Å². The van der Waals surface area contributed by atoms with Gasteiger partial charge in [-0.25, -0.2) is 4.98 Å². The summed E-state index contributed by atoms with van der Waals surface area (Å²) < 4.78 is 7.22. The molecular formula is C19H20N4O2. The number of piperidine rings is 1. The molecule has 1 atom stereocenters. The number of carbonyl (C=O) groups is 1. The molecule has 25 heavy (non-hydrogen) atoms. The van der Waals surface area contributed by atoms with Crippen LogP contribution in [0.3, 0.4) is 0 Å². The number of hydrogen-bond donors (Lipinski definition) is 0. The van der Waals surface area contributed by atoms with Gasteiger partial charge in [-0.3, -0.25) is 9.48 Å². The Kier molecular flexibility index (Phi) is 4.09. The molecule has 0 bridgehead atoms. The number of benzene rings is 1. The lowest BCUT2D eigenvalue weighted by molar-refractivity contribution is 0.0580.